The lowest BCUT2D eigenvalue weighted by Gasteiger charge is -2.40. The number of aromatic amines is 1. The SMILES string of the molecule is Cc1[nH]c2c(-c3cc(C(F)F)ccc3OCC3CC3)ncnc2c1C(=O)N([C@H]1C[C@H](C)N(C(=O)O)C1)C(C)(C)C. The van der Waals surface area contributed by atoms with Gasteiger partial charge in [-0.05, 0) is 78.0 Å². The average Bonchev–Trinajstić information content (AvgIpc) is 3.53. The maximum Gasteiger partial charge on any atom is 0.407 e. The minimum atomic E-state index is -2.67. The maximum atomic E-state index is 14.3. The van der Waals surface area contributed by atoms with Crippen LogP contribution in [0.5, 0.6) is 5.75 Å². The van der Waals surface area contributed by atoms with E-state index < -0.39 is 18.1 Å². The Labute approximate surface area is 231 Å². The number of hydrogen-bond acceptors (Lipinski definition) is 5. The van der Waals surface area contributed by atoms with Gasteiger partial charge < -0.3 is 24.6 Å². The van der Waals surface area contributed by atoms with Crippen molar-refractivity contribution in [3.8, 4) is 17.0 Å². The maximum absolute atomic E-state index is 14.3. The molecule has 2 fully saturated rings. The third-order valence-corrected chi connectivity index (χ3v) is 7.77. The number of H-pyrrole nitrogens is 1. The van der Waals surface area contributed by atoms with Crippen LogP contribution in [0.3, 0.4) is 0 Å². The molecule has 1 saturated carbocycles. The number of nitrogens with zero attached hydrogens (tertiary/aromatic N) is 4. The first-order chi connectivity index (χ1) is 18.9. The highest BCUT2D eigenvalue weighted by atomic mass is 19.3. The summed E-state index contributed by atoms with van der Waals surface area (Å²) >= 11 is 0. The Morgan fingerprint density at radius 1 is 1.25 bits per heavy atom. The van der Waals surface area contributed by atoms with Crippen molar-refractivity contribution in [3.05, 3.63) is 41.3 Å². The van der Waals surface area contributed by atoms with E-state index in [0.717, 1.165) is 12.8 Å². The summed E-state index contributed by atoms with van der Waals surface area (Å²) in [5, 5.41) is 9.62. The van der Waals surface area contributed by atoms with Crippen molar-refractivity contribution < 1.29 is 28.2 Å². The second kappa shape index (κ2) is 10.3. The molecule has 3 aromatic rings. The van der Waals surface area contributed by atoms with Crippen molar-refractivity contribution >= 4 is 23.0 Å². The fourth-order valence-corrected chi connectivity index (χ4v) is 5.67. The van der Waals surface area contributed by atoms with E-state index in [-0.39, 0.29) is 30.1 Å². The van der Waals surface area contributed by atoms with Gasteiger partial charge >= 0.3 is 6.09 Å². The summed E-state index contributed by atoms with van der Waals surface area (Å²) in [5.41, 5.74) is 1.73. The molecular formula is C29H35F2N5O4. The number of nitrogens with one attached hydrogen (secondary N) is 1. The molecule has 0 spiro atoms. The van der Waals surface area contributed by atoms with Gasteiger partial charge in [-0.1, -0.05) is 0 Å². The number of ether oxygens (including phenoxy) is 1. The first-order valence-corrected chi connectivity index (χ1v) is 13.6. The first kappa shape index (κ1) is 27.8. The molecule has 0 unspecified atom stereocenters. The number of aromatic nitrogens is 3. The number of carboxylic acid groups (broad SMARTS) is 1. The molecule has 0 bridgehead atoms. The quantitative estimate of drug-likeness (QED) is 0.368. The number of fused-ring (bicyclic) bond motifs is 1. The molecule has 11 heteroatoms. The van der Waals surface area contributed by atoms with Crippen molar-refractivity contribution in [2.75, 3.05) is 13.2 Å². The fourth-order valence-electron chi connectivity index (χ4n) is 5.67. The third-order valence-electron chi connectivity index (χ3n) is 7.77. The van der Waals surface area contributed by atoms with Crippen molar-refractivity contribution in [2.45, 2.75) is 77.9 Å². The van der Waals surface area contributed by atoms with E-state index in [9.17, 15) is 23.5 Å². The van der Waals surface area contributed by atoms with Crippen LogP contribution in [-0.4, -0.2) is 72.6 Å². The fraction of sp³-hybridized carbons (Fsp3) is 0.517. The van der Waals surface area contributed by atoms with Crippen LogP contribution in [-0.2, 0) is 0 Å². The lowest BCUT2D eigenvalue weighted by Crippen LogP contribution is -2.53. The number of aryl methyl sites for hydroxylation is 1. The Balaban J connectivity index is 1.59. The molecule has 5 rings (SSSR count). The van der Waals surface area contributed by atoms with Crippen LogP contribution < -0.4 is 4.74 Å². The number of alkyl halides is 2. The molecule has 0 radical (unpaired) electrons. The lowest BCUT2D eigenvalue weighted by atomic mass is 9.98. The van der Waals surface area contributed by atoms with E-state index in [4.69, 9.17) is 4.74 Å². The van der Waals surface area contributed by atoms with E-state index >= 15 is 0 Å². The number of carbonyl (C=O) groups is 2. The normalized spacial score (nSPS) is 19.4. The minimum absolute atomic E-state index is 0.155. The van der Waals surface area contributed by atoms with Gasteiger partial charge in [-0.15, -0.1) is 0 Å². The standard InChI is InChI=1S/C29H35F2N5O4/c1-15-10-19(12-35(15)28(38)39)36(29(3,4)5)27(37)22-16(2)34-25-23(32-14-33-24(22)25)20-11-18(26(30)31)8-9-21(20)40-13-17-6-7-17/h8-9,11,14-15,17,19,26,34H,6-7,10,12-13H2,1-5H3,(H,38,39)/t15-,19-/m0/s1. The van der Waals surface area contributed by atoms with Crippen LogP contribution in [0.15, 0.2) is 24.5 Å². The molecule has 40 heavy (non-hydrogen) atoms. The monoisotopic (exact) mass is 555 g/mol. The van der Waals surface area contributed by atoms with E-state index in [0.29, 0.717) is 58.2 Å². The van der Waals surface area contributed by atoms with Gasteiger partial charge in [0.2, 0.25) is 0 Å². The molecule has 1 aliphatic heterocycles. The van der Waals surface area contributed by atoms with Crippen LogP contribution >= 0.6 is 0 Å². The van der Waals surface area contributed by atoms with Gasteiger partial charge in [0.1, 0.15) is 23.3 Å². The lowest BCUT2D eigenvalue weighted by molar-refractivity contribution is 0.0447. The Morgan fingerprint density at radius 2 is 1.98 bits per heavy atom. The summed E-state index contributed by atoms with van der Waals surface area (Å²) in [6, 6.07) is 3.73. The van der Waals surface area contributed by atoms with Crippen LogP contribution in [0.4, 0.5) is 13.6 Å². The molecule has 1 aromatic carbocycles. The van der Waals surface area contributed by atoms with Crippen LogP contribution in [0.25, 0.3) is 22.3 Å². The Bertz CT molecular complexity index is 1450. The smallest absolute Gasteiger partial charge is 0.407 e. The van der Waals surface area contributed by atoms with E-state index in [2.05, 4.69) is 15.0 Å². The highest BCUT2D eigenvalue weighted by molar-refractivity contribution is 6.09. The zero-order valence-electron chi connectivity index (χ0n) is 23.4. The molecule has 214 valence electrons. The second-order valence-electron chi connectivity index (χ2n) is 11.9. The molecule has 9 nitrogen and oxygen atoms in total. The van der Waals surface area contributed by atoms with Crippen LogP contribution in [0.2, 0.25) is 0 Å². The molecule has 1 saturated heterocycles. The van der Waals surface area contributed by atoms with Crippen LogP contribution in [0, 0.1) is 12.8 Å². The van der Waals surface area contributed by atoms with Gasteiger partial charge in [0, 0.05) is 34.9 Å². The molecule has 2 amide bonds. The predicted octanol–water partition coefficient (Wildman–Crippen LogP) is 6.04. The predicted molar refractivity (Wildman–Crippen MR) is 146 cm³/mol. The average molecular weight is 556 g/mol. The molecule has 2 aromatic heterocycles. The number of benzene rings is 1. The number of likely N-dealkylation sites (tertiary alicyclic amines) is 1. The second-order valence-corrected chi connectivity index (χ2v) is 11.9. The highest BCUT2D eigenvalue weighted by Crippen LogP contribution is 2.39. The molecule has 1 aliphatic carbocycles. The van der Waals surface area contributed by atoms with Crippen molar-refractivity contribution in [1.82, 2.24) is 24.8 Å². The number of hydrogen-bond donors (Lipinski definition) is 2. The van der Waals surface area contributed by atoms with Gasteiger partial charge in [-0.2, -0.15) is 0 Å². The molecule has 2 atom stereocenters. The number of halogens is 2. The van der Waals surface area contributed by atoms with Crippen LogP contribution in [0.1, 0.15) is 75.0 Å². The summed E-state index contributed by atoms with van der Waals surface area (Å²) in [5.74, 6) is 0.627. The Hall–Kier alpha value is -3.76. The van der Waals surface area contributed by atoms with Gasteiger partial charge in [0.05, 0.1) is 23.7 Å². The summed E-state index contributed by atoms with van der Waals surface area (Å²) in [6.45, 7) is 10.1. The summed E-state index contributed by atoms with van der Waals surface area (Å²) in [4.78, 5) is 41.2. The van der Waals surface area contributed by atoms with Gasteiger partial charge in [-0.25, -0.2) is 23.5 Å². The third kappa shape index (κ3) is 5.21. The number of rotatable bonds is 7. The Kier molecular flexibility index (Phi) is 7.18. The molecule has 2 aliphatic rings. The molecule has 2 N–H and O–H groups in total. The number of carbonyl (C=O) groups excluding carboxylic acids is 1. The summed E-state index contributed by atoms with van der Waals surface area (Å²) in [7, 11) is 0. The zero-order chi connectivity index (χ0) is 28.9. The van der Waals surface area contributed by atoms with Gasteiger partial charge in [0.25, 0.3) is 12.3 Å². The molecule has 3 heterocycles. The van der Waals surface area contributed by atoms with Crippen molar-refractivity contribution in [1.29, 1.82) is 0 Å². The van der Waals surface area contributed by atoms with Gasteiger partial charge in [0.15, 0.2) is 0 Å². The van der Waals surface area contributed by atoms with E-state index in [1.54, 1.807) is 17.9 Å². The topological polar surface area (TPSA) is 112 Å². The largest absolute Gasteiger partial charge is 0.493 e. The van der Waals surface area contributed by atoms with Gasteiger partial charge in [-0.3, -0.25) is 4.79 Å². The zero-order valence-corrected chi connectivity index (χ0v) is 23.4. The highest BCUT2D eigenvalue weighted by Gasteiger charge is 2.43. The Morgan fingerprint density at radius 3 is 2.58 bits per heavy atom. The van der Waals surface area contributed by atoms with E-state index in [1.807, 2.05) is 27.7 Å². The minimum Gasteiger partial charge on any atom is -0.493 e. The van der Waals surface area contributed by atoms with E-state index in [1.165, 1.54) is 23.4 Å². The first-order valence-electron chi connectivity index (χ1n) is 13.6. The summed E-state index contributed by atoms with van der Waals surface area (Å²) < 4.78 is 33.4. The molecular weight excluding hydrogens is 520 g/mol. The van der Waals surface area contributed by atoms with Crippen molar-refractivity contribution in [3.63, 3.8) is 0 Å². The van der Waals surface area contributed by atoms with Crippen molar-refractivity contribution in [2.24, 2.45) is 5.92 Å². The number of amides is 2. The summed E-state index contributed by atoms with van der Waals surface area (Å²) in [6.07, 6.45) is 0.319.